The highest BCUT2D eigenvalue weighted by molar-refractivity contribution is 9.10. The van der Waals surface area contributed by atoms with Gasteiger partial charge in [0.05, 0.1) is 23.3 Å². The lowest BCUT2D eigenvalue weighted by Crippen LogP contribution is -2.43. The quantitative estimate of drug-likeness (QED) is 0.798. The highest BCUT2D eigenvalue weighted by atomic mass is 79.9. The van der Waals surface area contributed by atoms with Crippen LogP contribution in [0.25, 0.3) is 10.9 Å². The van der Waals surface area contributed by atoms with E-state index in [-0.39, 0.29) is 24.1 Å². The number of hydrogen-bond donors (Lipinski definition) is 0. The number of fused-ring (bicyclic) bond motifs is 1. The van der Waals surface area contributed by atoms with Crippen LogP contribution in [0.15, 0.2) is 33.8 Å². The number of amides is 1. The second-order valence-corrected chi connectivity index (χ2v) is 6.79. The van der Waals surface area contributed by atoms with Gasteiger partial charge in [-0.25, -0.2) is 4.98 Å². The van der Waals surface area contributed by atoms with Crippen molar-refractivity contribution in [3.8, 4) is 0 Å². The van der Waals surface area contributed by atoms with Gasteiger partial charge in [0, 0.05) is 24.2 Å². The van der Waals surface area contributed by atoms with E-state index in [2.05, 4.69) is 20.9 Å². The van der Waals surface area contributed by atoms with Crippen LogP contribution in [-0.2, 0) is 16.1 Å². The summed E-state index contributed by atoms with van der Waals surface area (Å²) < 4.78 is 7.80. The lowest BCUT2D eigenvalue weighted by molar-refractivity contribution is -0.134. The van der Waals surface area contributed by atoms with Crippen molar-refractivity contribution in [1.82, 2.24) is 14.5 Å². The Balaban J connectivity index is 1.72. The molecule has 1 aromatic carbocycles. The Morgan fingerprint density at radius 3 is 2.83 bits per heavy atom. The summed E-state index contributed by atoms with van der Waals surface area (Å²) in [6.07, 6.45) is 3.37. The van der Waals surface area contributed by atoms with E-state index in [4.69, 9.17) is 4.74 Å². The largest absolute Gasteiger partial charge is 0.378 e. The molecular weight excluding hydrogens is 374 g/mol. The molecular formula is C17H20BrN3O3. The van der Waals surface area contributed by atoms with Crippen LogP contribution in [0.3, 0.4) is 0 Å². The molecule has 6 nitrogen and oxygen atoms in total. The number of carbonyl (C=O) groups is 1. The van der Waals surface area contributed by atoms with E-state index in [1.54, 1.807) is 17.0 Å². The van der Waals surface area contributed by atoms with Gasteiger partial charge in [-0.05, 0) is 38.0 Å². The molecule has 1 amide bonds. The molecule has 1 saturated heterocycles. The van der Waals surface area contributed by atoms with E-state index >= 15 is 0 Å². The van der Waals surface area contributed by atoms with Gasteiger partial charge in [0.25, 0.3) is 5.56 Å². The maximum absolute atomic E-state index is 12.5. The average molecular weight is 394 g/mol. The standard InChI is InChI=1S/C17H20BrN3O3/c1-2-24-13-5-7-20(8-6-13)16(22)10-21-11-19-15-4-3-12(18)9-14(15)17(21)23/h3-4,9,11,13H,2,5-8,10H2,1H3. The number of ether oxygens (including phenoxy) is 1. The van der Waals surface area contributed by atoms with E-state index < -0.39 is 0 Å². The van der Waals surface area contributed by atoms with Crippen LogP contribution >= 0.6 is 15.9 Å². The monoisotopic (exact) mass is 393 g/mol. The molecule has 1 aliphatic heterocycles. The first kappa shape index (κ1) is 17.1. The minimum atomic E-state index is -0.196. The van der Waals surface area contributed by atoms with Crippen LogP contribution < -0.4 is 5.56 Å². The van der Waals surface area contributed by atoms with E-state index in [1.165, 1.54) is 10.9 Å². The van der Waals surface area contributed by atoms with Gasteiger partial charge in [0.2, 0.25) is 5.91 Å². The van der Waals surface area contributed by atoms with Gasteiger partial charge in [-0.1, -0.05) is 15.9 Å². The highest BCUT2D eigenvalue weighted by Gasteiger charge is 2.23. The topological polar surface area (TPSA) is 64.4 Å². The zero-order valence-corrected chi connectivity index (χ0v) is 15.2. The number of benzene rings is 1. The van der Waals surface area contributed by atoms with Gasteiger partial charge in [0.15, 0.2) is 0 Å². The maximum atomic E-state index is 12.5. The van der Waals surface area contributed by atoms with Crippen LogP contribution in [-0.4, -0.2) is 46.2 Å². The molecule has 0 unspecified atom stereocenters. The number of aromatic nitrogens is 2. The molecule has 0 aliphatic carbocycles. The third-order valence-electron chi connectivity index (χ3n) is 4.29. The number of piperidine rings is 1. The third kappa shape index (κ3) is 3.67. The Hall–Kier alpha value is -1.73. The number of likely N-dealkylation sites (tertiary alicyclic amines) is 1. The second kappa shape index (κ2) is 7.44. The van der Waals surface area contributed by atoms with Gasteiger partial charge in [-0.3, -0.25) is 14.2 Å². The summed E-state index contributed by atoms with van der Waals surface area (Å²) in [5.41, 5.74) is 0.434. The number of rotatable bonds is 4. The van der Waals surface area contributed by atoms with Crippen LogP contribution in [0, 0.1) is 0 Å². The van der Waals surface area contributed by atoms with Crippen LogP contribution in [0.1, 0.15) is 19.8 Å². The number of halogens is 1. The van der Waals surface area contributed by atoms with Gasteiger partial charge in [-0.15, -0.1) is 0 Å². The van der Waals surface area contributed by atoms with E-state index in [1.807, 2.05) is 13.0 Å². The zero-order chi connectivity index (χ0) is 17.1. The molecule has 1 aliphatic rings. The van der Waals surface area contributed by atoms with Gasteiger partial charge in [0.1, 0.15) is 6.54 Å². The molecule has 2 heterocycles. The van der Waals surface area contributed by atoms with Crippen molar-refractivity contribution in [2.45, 2.75) is 32.4 Å². The van der Waals surface area contributed by atoms with Crippen molar-refractivity contribution in [1.29, 1.82) is 0 Å². The molecule has 3 rings (SSSR count). The van der Waals surface area contributed by atoms with Gasteiger partial charge in [-0.2, -0.15) is 0 Å². The molecule has 128 valence electrons. The predicted molar refractivity (Wildman–Crippen MR) is 94.9 cm³/mol. The fourth-order valence-corrected chi connectivity index (χ4v) is 3.36. The zero-order valence-electron chi connectivity index (χ0n) is 13.6. The number of hydrogen-bond acceptors (Lipinski definition) is 4. The fourth-order valence-electron chi connectivity index (χ4n) is 3.00. The lowest BCUT2D eigenvalue weighted by Gasteiger charge is -2.31. The molecule has 2 aromatic rings. The van der Waals surface area contributed by atoms with Crippen LogP contribution in [0.5, 0.6) is 0 Å². The Kier molecular flexibility index (Phi) is 5.30. The number of nitrogens with zero attached hydrogens (tertiary/aromatic N) is 3. The summed E-state index contributed by atoms with van der Waals surface area (Å²) in [4.78, 5) is 31.1. The van der Waals surface area contributed by atoms with E-state index in [0.717, 1.165) is 17.3 Å². The van der Waals surface area contributed by atoms with Gasteiger partial charge < -0.3 is 9.64 Å². The van der Waals surface area contributed by atoms with Crippen molar-refractivity contribution < 1.29 is 9.53 Å². The minimum Gasteiger partial charge on any atom is -0.378 e. The Morgan fingerprint density at radius 1 is 1.38 bits per heavy atom. The molecule has 7 heteroatoms. The molecule has 0 N–H and O–H groups in total. The van der Waals surface area contributed by atoms with Crippen molar-refractivity contribution in [3.63, 3.8) is 0 Å². The summed E-state index contributed by atoms with van der Waals surface area (Å²) in [5, 5.41) is 0.509. The molecule has 1 aromatic heterocycles. The molecule has 0 spiro atoms. The van der Waals surface area contributed by atoms with Crippen molar-refractivity contribution in [2.24, 2.45) is 0 Å². The molecule has 0 atom stereocenters. The van der Waals surface area contributed by atoms with Crippen molar-refractivity contribution in [2.75, 3.05) is 19.7 Å². The first-order valence-electron chi connectivity index (χ1n) is 8.12. The summed E-state index contributed by atoms with van der Waals surface area (Å²) in [7, 11) is 0. The second-order valence-electron chi connectivity index (χ2n) is 5.87. The molecule has 1 fully saturated rings. The Labute approximate surface area is 148 Å². The maximum Gasteiger partial charge on any atom is 0.261 e. The summed E-state index contributed by atoms with van der Waals surface area (Å²) in [5.74, 6) is -0.0526. The lowest BCUT2D eigenvalue weighted by atomic mass is 10.1. The normalized spacial score (nSPS) is 15.8. The Morgan fingerprint density at radius 2 is 2.12 bits per heavy atom. The minimum absolute atomic E-state index is 0.0214. The van der Waals surface area contributed by atoms with Crippen molar-refractivity contribution in [3.05, 3.63) is 39.4 Å². The summed E-state index contributed by atoms with van der Waals surface area (Å²) >= 11 is 3.36. The first-order chi connectivity index (χ1) is 11.6. The first-order valence-corrected chi connectivity index (χ1v) is 8.92. The molecule has 0 bridgehead atoms. The fraction of sp³-hybridized carbons (Fsp3) is 0.471. The van der Waals surface area contributed by atoms with Crippen LogP contribution in [0.2, 0.25) is 0 Å². The SMILES string of the molecule is CCOC1CCN(C(=O)Cn2cnc3ccc(Br)cc3c2=O)CC1. The van der Waals surface area contributed by atoms with Crippen molar-refractivity contribution >= 4 is 32.7 Å². The third-order valence-corrected chi connectivity index (χ3v) is 4.78. The highest BCUT2D eigenvalue weighted by Crippen LogP contribution is 2.16. The van der Waals surface area contributed by atoms with E-state index in [9.17, 15) is 9.59 Å². The Bertz CT molecular complexity index is 797. The van der Waals surface area contributed by atoms with E-state index in [0.29, 0.717) is 30.6 Å². The number of carbonyl (C=O) groups excluding carboxylic acids is 1. The van der Waals surface area contributed by atoms with Gasteiger partial charge >= 0.3 is 0 Å². The summed E-state index contributed by atoms with van der Waals surface area (Å²) in [6.45, 7) is 4.05. The smallest absolute Gasteiger partial charge is 0.261 e. The summed E-state index contributed by atoms with van der Waals surface area (Å²) in [6, 6.07) is 5.36. The molecule has 24 heavy (non-hydrogen) atoms. The van der Waals surface area contributed by atoms with Crippen LogP contribution in [0.4, 0.5) is 0 Å². The molecule has 0 saturated carbocycles. The predicted octanol–water partition coefficient (Wildman–Crippen LogP) is 2.19. The molecule has 0 radical (unpaired) electrons. The average Bonchev–Trinajstić information content (AvgIpc) is 2.59.